The van der Waals surface area contributed by atoms with E-state index < -0.39 is 24.2 Å². The average Bonchev–Trinajstić information content (AvgIpc) is 2.60. The van der Waals surface area contributed by atoms with E-state index in [0.717, 1.165) is 10.6 Å². The third-order valence-corrected chi connectivity index (χ3v) is 3.20. The quantitative estimate of drug-likeness (QED) is 0.576. The Morgan fingerprint density at radius 3 is 2.27 bits per heavy atom. The molecule has 1 amide bonds. The van der Waals surface area contributed by atoms with Gasteiger partial charge in [0.05, 0.1) is 6.04 Å². The van der Waals surface area contributed by atoms with E-state index in [9.17, 15) is 22.8 Å². The molecule has 1 aliphatic rings. The molecular weight excluding hydrogens is 361 g/mol. The van der Waals surface area contributed by atoms with Crippen LogP contribution in [-0.4, -0.2) is 52.9 Å². The Bertz CT molecular complexity index is 638. The summed E-state index contributed by atoms with van der Waals surface area (Å²) < 4.78 is 36.7. The van der Waals surface area contributed by atoms with Crippen molar-refractivity contribution in [3.63, 3.8) is 0 Å². The molecule has 11 heteroatoms. The number of carbonyl (C=O) groups is 3. The van der Waals surface area contributed by atoms with Crippen molar-refractivity contribution >= 4 is 17.8 Å². The number of β-lactam (4-membered cyclic amide) rings is 1. The molecule has 1 aromatic carbocycles. The molecule has 8 nitrogen and oxygen atoms in total. The molecule has 0 radical (unpaired) electrons. The van der Waals surface area contributed by atoms with Crippen LogP contribution in [0.5, 0.6) is 0 Å². The van der Waals surface area contributed by atoms with E-state index in [2.05, 4.69) is 0 Å². The van der Waals surface area contributed by atoms with Crippen LogP contribution in [-0.2, 0) is 30.6 Å². The molecule has 0 saturated carbocycles. The molecule has 3 N–H and O–H groups in total. The highest BCUT2D eigenvalue weighted by Gasteiger charge is 2.43. The number of nitrogens with two attached hydrogens (primary N) is 1. The highest BCUT2D eigenvalue weighted by Crippen LogP contribution is 2.17. The second-order valence-corrected chi connectivity index (χ2v) is 5.15. The van der Waals surface area contributed by atoms with Crippen LogP contribution >= 0.6 is 0 Å². The number of hydroxylamine groups is 2. The topological polar surface area (TPSA) is 119 Å². The Morgan fingerprint density at radius 2 is 1.81 bits per heavy atom. The third-order valence-electron chi connectivity index (χ3n) is 3.20. The van der Waals surface area contributed by atoms with Crippen LogP contribution in [0.25, 0.3) is 0 Å². The van der Waals surface area contributed by atoms with Gasteiger partial charge < -0.3 is 15.6 Å². The minimum atomic E-state index is -5.08. The molecule has 1 saturated heterocycles. The summed E-state index contributed by atoms with van der Waals surface area (Å²) in [6.45, 7) is 1.64. The minimum absolute atomic E-state index is 0.187. The normalized spacial score (nSPS) is 19.1. The summed E-state index contributed by atoms with van der Waals surface area (Å²) in [6, 6.07) is 8.56. The summed E-state index contributed by atoms with van der Waals surface area (Å²) in [4.78, 5) is 36.7. The van der Waals surface area contributed by atoms with Crippen molar-refractivity contribution in [3.8, 4) is 0 Å². The van der Waals surface area contributed by atoms with E-state index in [-0.39, 0.29) is 25.2 Å². The Balaban J connectivity index is 0.000000412. The van der Waals surface area contributed by atoms with Crippen molar-refractivity contribution in [1.82, 2.24) is 5.06 Å². The number of hydrogen-bond donors (Lipinski definition) is 2. The Morgan fingerprint density at radius 1 is 1.27 bits per heavy atom. The number of benzene rings is 1. The van der Waals surface area contributed by atoms with Gasteiger partial charge in [-0.1, -0.05) is 30.3 Å². The van der Waals surface area contributed by atoms with Crippen LogP contribution < -0.4 is 5.73 Å². The summed E-state index contributed by atoms with van der Waals surface area (Å²) in [6.07, 6.45) is -5.08. The van der Waals surface area contributed by atoms with Crippen molar-refractivity contribution < 1.29 is 42.2 Å². The average molecular weight is 378 g/mol. The first-order chi connectivity index (χ1) is 12.0. The fourth-order valence-corrected chi connectivity index (χ4v) is 1.70. The minimum Gasteiger partial charge on any atom is -0.475 e. The smallest absolute Gasteiger partial charge is 0.475 e. The van der Waals surface area contributed by atoms with E-state index in [1.54, 1.807) is 6.92 Å². The van der Waals surface area contributed by atoms with Gasteiger partial charge in [-0.3, -0.25) is 9.63 Å². The second kappa shape index (κ2) is 9.15. The molecule has 0 aromatic heterocycles. The SMILES string of the molecule is C[C@H]1[C@H](N)C(=O)N1OCC(=O)OCc1ccccc1.O=C(O)C(F)(F)F. The number of aliphatic carboxylic acids is 1. The highest BCUT2D eigenvalue weighted by atomic mass is 19.4. The second-order valence-electron chi connectivity index (χ2n) is 5.15. The van der Waals surface area contributed by atoms with Gasteiger partial charge in [0, 0.05) is 0 Å². The highest BCUT2D eigenvalue weighted by molar-refractivity contribution is 5.88. The van der Waals surface area contributed by atoms with Gasteiger partial charge in [0.15, 0.2) is 6.61 Å². The molecule has 2 atom stereocenters. The van der Waals surface area contributed by atoms with Crippen LogP contribution in [0, 0.1) is 0 Å². The monoisotopic (exact) mass is 378 g/mol. The van der Waals surface area contributed by atoms with Crippen molar-refractivity contribution in [2.75, 3.05) is 6.61 Å². The first kappa shape index (κ1) is 21.4. The van der Waals surface area contributed by atoms with Crippen molar-refractivity contribution in [3.05, 3.63) is 35.9 Å². The summed E-state index contributed by atoms with van der Waals surface area (Å²) >= 11 is 0. The zero-order chi connectivity index (χ0) is 19.9. The fraction of sp³-hybridized carbons (Fsp3) is 0.400. The Labute approximate surface area is 146 Å². The number of alkyl halides is 3. The number of halogens is 3. The largest absolute Gasteiger partial charge is 0.490 e. The van der Waals surface area contributed by atoms with Crippen LogP contribution in [0.4, 0.5) is 13.2 Å². The zero-order valence-electron chi connectivity index (χ0n) is 13.6. The van der Waals surface area contributed by atoms with E-state index in [4.69, 9.17) is 25.2 Å². The molecule has 1 aromatic rings. The van der Waals surface area contributed by atoms with Crippen molar-refractivity contribution in [2.24, 2.45) is 5.73 Å². The maximum absolute atomic E-state index is 11.4. The summed E-state index contributed by atoms with van der Waals surface area (Å²) in [7, 11) is 0. The van der Waals surface area contributed by atoms with Crippen molar-refractivity contribution in [1.29, 1.82) is 0 Å². The fourth-order valence-electron chi connectivity index (χ4n) is 1.70. The van der Waals surface area contributed by atoms with E-state index >= 15 is 0 Å². The number of hydrogen-bond acceptors (Lipinski definition) is 6. The van der Waals surface area contributed by atoms with Crippen LogP contribution in [0.2, 0.25) is 0 Å². The molecule has 1 fully saturated rings. The van der Waals surface area contributed by atoms with Gasteiger partial charge in [-0.05, 0) is 12.5 Å². The molecule has 1 heterocycles. The first-order valence-corrected chi connectivity index (χ1v) is 7.25. The molecule has 1 aliphatic heterocycles. The number of amides is 1. The van der Waals surface area contributed by atoms with Gasteiger partial charge >= 0.3 is 18.1 Å². The van der Waals surface area contributed by atoms with Gasteiger partial charge in [0.2, 0.25) is 0 Å². The molecule has 0 unspecified atom stereocenters. The lowest BCUT2D eigenvalue weighted by molar-refractivity contribution is -0.232. The Kier molecular flexibility index (Phi) is 7.53. The molecule has 0 bridgehead atoms. The molecule has 2 rings (SSSR count). The van der Waals surface area contributed by atoms with Crippen LogP contribution in [0.3, 0.4) is 0 Å². The molecule has 144 valence electrons. The van der Waals surface area contributed by atoms with Gasteiger partial charge in [-0.2, -0.15) is 13.2 Å². The zero-order valence-corrected chi connectivity index (χ0v) is 13.6. The van der Waals surface area contributed by atoms with Crippen LogP contribution in [0.1, 0.15) is 12.5 Å². The predicted molar refractivity (Wildman–Crippen MR) is 80.2 cm³/mol. The van der Waals surface area contributed by atoms with Crippen molar-refractivity contribution in [2.45, 2.75) is 31.8 Å². The summed E-state index contributed by atoms with van der Waals surface area (Å²) in [5.41, 5.74) is 6.40. The number of carboxylic acids is 1. The molecule has 0 spiro atoms. The van der Waals surface area contributed by atoms with E-state index in [1.165, 1.54) is 0 Å². The standard InChI is InChI=1S/C13H16N2O4.C2HF3O2/c1-9-12(14)13(17)15(9)19-8-11(16)18-7-10-5-3-2-4-6-10;3-2(4,5)1(6)7/h2-6,9,12H,7-8,14H2,1H3;(H,6,7)/t9-,12-;/m0./s1. The summed E-state index contributed by atoms with van der Waals surface area (Å²) in [5, 5.41) is 8.23. The lowest BCUT2D eigenvalue weighted by Gasteiger charge is -2.41. The summed E-state index contributed by atoms with van der Waals surface area (Å²) in [5.74, 6) is -3.60. The lowest BCUT2D eigenvalue weighted by Crippen LogP contribution is -2.67. The number of rotatable bonds is 5. The van der Waals surface area contributed by atoms with E-state index in [0.29, 0.717) is 0 Å². The van der Waals surface area contributed by atoms with Gasteiger partial charge in [0.25, 0.3) is 5.91 Å². The van der Waals surface area contributed by atoms with Gasteiger partial charge in [-0.25, -0.2) is 14.7 Å². The number of esters is 1. The Hall–Kier alpha value is -2.66. The molecule has 26 heavy (non-hydrogen) atoms. The maximum atomic E-state index is 11.4. The maximum Gasteiger partial charge on any atom is 0.490 e. The number of carboxylic acid groups (broad SMARTS) is 1. The number of nitrogens with zero attached hydrogens (tertiary/aromatic N) is 1. The first-order valence-electron chi connectivity index (χ1n) is 7.25. The number of ether oxygens (including phenoxy) is 1. The third kappa shape index (κ3) is 6.33. The van der Waals surface area contributed by atoms with Gasteiger partial charge in [-0.15, -0.1) is 0 Å². The van der Waals surface area contributed by atoms with E-state index in [1.807, 2.05) is 30.3 Å². The molecule has 0 aliphatic carbocycles. The number of carbonyl (C=O) groups excluding carboxylic acids is 2. The van der Waals surface area contributed by atoms with Gasteiger partial charge in [0.1, 0.15) is 12.6 Å². The lowest BCUT2D eigenvalue weighted by atomic mass is 10.0. The molecular formula is C15H17F3N2O6. The predicted octanol–water partition coefficient (Wildman–Crippen LogP) is 0.853. The van der Waals surface area contributed by atoms with Crippen LogP contribution in [0.15, 0.2) is 30.3 Å².